The van der Waals surface area contributed by atoms with Gasteiger partial charge >= 0.3 is 0 Å². The maximum absolute atomic E-state index is 6.23. The van der Waals surface area contributed by atoms with E-state index in [1.165, 1.54) is 29.7 Å². The lowest BCUT2D eigenvalue weighted by atomic mass is 9.96. The van der Waals surface area contributed by atoms with E-state index in [1.54, 1.807) is 0 Å². The van der Waals surface area contributed by atoms with Gasteiger partial charge in [-0.05, 0) is 48.9 Å². The number of nitrogens with zero attached hydrogens (tertiary/aromatic N) is 3. The standard InChI is InChI=1S/C20H18ClN3/c21-19-13-16(12-14-6-2-1-3-7-14)22-20(24-19)18-11-10-15-8-4-5-9-17(15)23-18/h1-3,6-7,10-11,13H,4-5,8-9,12H2. The maximum atomic E-state index is 6.23. The van der Waals surface area contributed by atoms with Gasteiger partial charge in [0, 0.05) is 12.1 Å². The molecule has 1 aromatic carbocycles. The molecule has 0 saturated heterocycles. The Kier molecular flexibility index (Phi) is 4.26. The molecule has 0 radical (unpaired) electrons. The zero-order valence-electron chi connectivity index (χ0n) is 13.4. The highest BCUT2D eigenvalue weighted by Crippen LogP contribution is 2.24. The van der Waals surface area contributed by atoms with E-state index in [1.807, 2.05) is 30.3 Å². The van der Waals surface area contributed by atoms with Crippen molar-refractivity contribution >= 4 is 11.6 Å². The summed E-state index contributed by atoms with van der Waals surface area (Å²) in [5, 5.41) is 0.463. The van der Waals surface area contributed by atoms with Crippen LogP contribution in [0.1, 0.15) is 35.4 Å². The molecule has 1 aliphatic rings. The summed E-state index contributed by atoms with van der Waals surface area (Å²) < 4.78 is 0. The van der Waals surface area contributed by atoms with Crippen LogP contribution in [-0.4, -0.2) is 15.0 Å². The fourth-order valence-electron chi connectivity index (χ4n) is 3.18. The number of hydrogen-bond acceptors (Lipinski definition) is 3. The van der Waals surface area contributed by atoms with Gasteiger partial charge in [0.1, 0.15) is 10.8 Å². The molecule has 0 saturated carbocycles. The monoisotopic (exact) mass is 335 g/mol. The minimum absolute atomic E-state index is 0.463. The summed E-state index contributed by atoms with van der Waals surface area (Å²) in [5.41, 5.74) is 5.48. The highest BCUT2D eigenvalue weighted by molar-refractivity contribution is 6.29. The first-order chi connectivity index (χ1) is 11.8. The third kappa shape index (κ3) is 3.31. The molecule has 0 amide bonds. The van der Waals surface area contributed by atoms with Gasteiger partial charge in [-0.25, -0.2) is 15.0 Å². The lowest BCUT2D eigenvalue weighted by molar-refractivity contribution is 0.668. The Bertz CT molecular complexity index is 862. The average molecular weight is 336 g/mol. The van der Waals surface area contributed by atoms with Gasteiger partial charge < -0.3 is 0 Å². The van der Waals surface area contributed by atoms with Crippen molar-refractivity contribution in [1.82, 2.24) is 15.0 Å². The molecule has 0 aliphatic heterocycles. The van der Waals surface area contributed by atoms with Crippen molar-refractivity contribution in [3.63, 3.8) is 0 Å². The van der Waals surface area contributed by atoms with Gasteiger partial charge in [0.15, 0.2) is 5.82 Å². The quantitative estimate of drug-likeness (QED) is 0.653. The zero-order valence-corrected chi connectivity index (χ0v) is 14.1. The van der Waals surface area contributed by atoms with Crippen LogP contribution in [0.15, 0.2) is 48.5 Å². The van der Waals surface area contributed by atoms with Gasteiger partial charge in [0.05, 0.1) is 5.69 Å². The SMILES string of the molecule is Clc1cc(Cc2ccccc2)nc(-c2ccc3c(n2)CCCC3)n1. The molecular formula is C20H18ClN3. The minimum Gasteiger partial charge on any atom is -0.249 e. The van der Waals surface area contributed by atoms with Crippen molar-refractivity contribution in [2.24, 2.45) is 0 Å². The van der Waals surface area contributed by atoms with E-state index in [0.29, 0.717) is 11.0 Å². The molecule has 0 spiro atoms. The predicted octanol–water partition coefficient (Wildman–Crippen LogP) is 4.66. The van der Waals surface area contributed by atoms with Crippen molar-refractivity contribution in [2.75, 3.05) is 0 Å². The van der Waals surface area contributed by atoms with Gasteiger partial charge in [-0.2, -0.15) is 0 Å². The number of rotatable bonds is 3. The van der Waals surface area contributed by atoms with Crippen LogP contribution in [-0.2, 0) is 19.3 Å². The maximum Gasteiger partial charge on any atom is 0.179 e. The fourth-order valence-corrected chi connectivity index (χ4v) is 3.39. The molecule has 120 valence electrons. The normalized spacial score (nSPS) is 13.5. The highest BCUT2D eigenvalue weighted by Gasteiger charge is 2.14. The van der Waals surface area contributed by atoms with Crippen molar-refractivity contribution < 1.29 is 0 Å². The van der Waals surface area contributed by atoms with E-state index >= 15 is 0 Å². The molecule has 2 heterocycles. The molecule has 3 aromatic rings. The van der Waals surface area contributed by atoms with Crippen molar-refractivity contribution in [1.29, 1.82) is 0 Å². The van der Waals surface area contributed by atoms with Gasteiger partial charge in [-0.1, -0.05) is 48.0 Å². The first kappa shape index (κ1) is 15.3. The van der Waals surface area contributed by atoms with E-state index in [2.05, 4.69) is 28.2 Å². The summed E-state index contributed by atoms with van der Waals surface area (Å²) in [5.74, 6) is 0.613. The van der Waals surface area contributed by atoms with Crippen molar-refractivity contribution in [3.05, 3.63) is 76.2 Å². The molecule has 0 unspecified atom stereocenters. The molecule has 1 aliphatic carbocycles. The highest BCUT2D eigenvalue weighted by atomic mass is 35.5. The first-order valence-corrected chi connectivity index (χ1v) is 8.72. The Hall–Kier alpha value is -2.26. The Morgan fingerprint density at radius 1 is 0.875 bits per heavy atom. The lowest BCUT2D eigenvalue weighted by Crippen LogP contribution is -2.07. The number of fused-ring (bicyclic) bond motifs is 1. The number of aromatic nitrogens is 3. The van der Waals surface area contributed by atoms with Crippen molar-refractivity contribution in [2.45, 2.75) is 32.1 Å². The average Bonchev–Trinajstić information content (AvgIpc) is 2.62. The van der Waals surface area contributed by atoms with Crippen LogP contribution in [0.2, 0.25) is 5.15 Å². The Morgan fingerprint density at radius 3 is 2.58 bits per heavy atom. The summed E-state index contributed by atoms with van der Waals surface area (Å²) in [6, 6.07) is 16.3. The summed E-state index contributed by atoms with van der Waals surface area (Å²) >= 11 is 6.23. The number of aryl methyl sites for hydroxylation is 2. The van der Waals surface area contributed by atoms with E-state index in [9.17, 15) is 0 Å². The number of halogens is 1. The van der Waals surface area contributed by atoms with Crippen LogP contribution in [0, 0.1) is 0 Å². The van der Waals surface area contributed by atoms with Gasteiger partial charge in [0.2, 0.25) is 0 Å². The first-order valence-electron chi connectivity index (χ1n) is 8.34. The van der Waals surface area contributed by atoms with E-state index in [0.717, 1.165) is 30.7 Å². The minimum atomic E-state index is 0.463. The number of pyridine rings is 1. The molecule has 0 bridgehead atoms. The lowest BCUT2D eigenvalue weighted by Gasteiger charge is -2.15. The Morgan fingerprint density at radius 2 is 1.71 bits per heavy atom. The Balaban J connectivity index is 1.68. The number of hydrogen-bond donors (Lipinski definition) is 0. The molecule has 0 atom stereocenters. The van der Waals surface area contributed by atoms with Crippen LogP contribution in [0.25, 0.3) is 11.5 Å². The second-order valence-electron chi connectivity index (χ2n) is 6.18. The van der Waals surface area contributed by atoms with Gasteiger partial charge in [0.25, 0.3) is 0 Å². The molecule has 0 fully saturated rings. The molecule has 4 rings (SSSR count). The largest absolute Gasteiger partial charge is 0.249 e. The van der Waals surface area contributed by atoms with Gasteiger partial charge in [-0.3, -0.25) is 0 Å². The topological polar surface area (TPSA) is 38.7 Å². The molecule has 3 nitrogen and oxygen atoms in total. The summed E-state index contributed by atoms with van der Waals surface area (Å²) in [7, 11) is 0. The summed E-state index contributed by atoms with van der Waals surface area (Å²) in [6.45, 7) is 0. The second-order valence-corrected chi connectivity index (χ2v) is 6.56. The number of benzene rings is 1. The molecule has 0 N–H and O–H groups in total. The van der Waals surface area contributed by atoms with E-state index in [4.69, 9.17) is 16.6 Å². The third-order valence-corrected chi connectivity index (χ3v) is 4.58. The Labute approximate surface area is 146 Å². The van der Waals surface area contributed by atoms with Crippen LogP contribution in [0.3, 0.4) is 0 Å². The molecule has 2 aromatic heterocycles. The molecular weight excluding hydrogens is 318 g/mol. The second kappa shape index (κ2) is 6.70. The fraction of sp³-hybridized carbons (Fsp3) is 0.250. The van der Waals surface area contributed by atoms with Crippen molar-refractivity contribution in [3.8, 4) is 11.5 Å². The van der Waals surface area contributed by atoms with Crippen LogP contribution >= 0.6 is 11.6 Å². The van der Waals surface area contributed by atoms with Crippen LogP contribution < -0.4 is 0 Å². The zero-order chi connectivity index (χ0) is 16.4. The van der Waals surface area contributed by atoms with Crippen LogP contribution in [0.5, 0.6) is 0 Å². The van der Waals surface area contributed by atoms with E-state index < -0.39 is 0 Å². The summed E-state index contributed by atoms with van der Waals surface area (Å²) in [6.07, 6.45) is 5.36. The predicted molar refractivity (Wildman–Crippen MR) is 96.2 cm³/mol. The molecule has 4 heteroatoms. The summed E-state index contributed by atoms with van der Waals surface area (Å²) in [4.78, 5) is 13.9. The molecule has 24 heavy (non-hydrogen) atoms. The third-order valence-electron chi connectivity index (χ3n) is 4.38. The van der Waals surface area contributed by atoms with E-state index in [-0.39, 0.29) is 0 Å². The van der Waals surface area contributed by atoms with Gasteiger partial charge in [-0.15, -0.1) is 0 Å². The van der Waals surface area contributed by atoms with Crippen LogP contribution in [0.4, 0.5) is 0 Å². The smallest absolute Gasteiger partial charge is 0.179 e.